The second kappa shape index (κ2) is 4.58. The van der Waals surface area contributed by atoms with Gasteiger partial charge in [-0.05, 0) is 11.8 Å². The first-order valence-electron chi connectivity index (χ1n) is 4.94. The highest BCUT2D eigenvalue weighted by atomic mass is 19.4. The fraction of sp³-hybridized carbons (Fsp3) is 0.700. The van der Waals surface area contributed by atoms with Gasteiger partial charge in [-0.2, -0.15) is 13.2 Å². The number of carboxylic acids is 2. The molecule has 5 nitrogen and oxygen atoms in total. The average molecular weight is 270 g/mol. The predicted molar refractivity (Wildman–Crippen MR) is 52.8 cm³/mol. The molecule has 0 saturated carbocycles. The number of carboxylic acid groups (broad SMARTS) is 2. The minimum absolute atomic E-state index is 0.229. The summed E-state index contributed by atoms with van der Waals surface area (Å²) in [5.74, 6) is -7.41. The maximum Gasteiger partial charge on any atom is 0.451 e. The van der Waals surface area contributed by atoms with Crippen LogP contribution in [0.25, 0.3) is 0 Å². The van der Waals surface area contributed by atoms with Crippen LogP contribution in [0.4, 0.5) is 13.2 Å². The molecule has 0 aliphatic carbocycles. The summed E-state index contributed by atoms with van der Waals surface area (Å²) in [5.41, 5.74) is -5.43. The summed E-state index contributed by atoms with van der Waals surface area (Å²) in [6.45, 7) is 3.31. The molecule has 0 fully saturated rings. The van der Waals surface area contributed by atoms with Gasteiger partial charge in [0.2, 0.25) is 5.41 Å². The average Bonchev–Trinajstić information content (AvgIpc) is 2.15. The second-order valence-corrected chi connectivity index (χ2v) is 4.42. The van der Waals surface area contributed by atoms with Crippen LogP contribution in [0, 0.1) is 10.8 Å². The van der Waals surface area contributed by atoms with Gasteiger partial charge in [0.1, 0.15) is 0 Å². The zero-order valence-corrected chi connectivity index (χ0v) is 9.96. The van der Waals surface area contributed by atoms with E-state index < -0.39 is 34.7 Å². The minimum Gasteiger partial charge on any atom is -0.480 e. The number of rotatable bonds is 5. The molecule has 0 aliphatic rings. The first kappa shape index (κ1) is 16.4. The third-order valence-electron chi connectivity index (χ3n) is 3.14. The van der Waals surface area contributed by atoms with E-state index in [1.165, 1.54) is 6.92 Å². The molecule has 0 bridgehead atoms. The number of carbonyl (C=O) groups is 3. The number of carbonyl (C=O) groups excluding carboxylic acids is 1. The maximum atomic E-state index is 12.5. The van der Waals surface area contributed by atoms with Crippen molar-refractivity contribution in [3.8, 4) is 0 Å². The maximum absolute atomic E-state index is 12.5. The highest BCUT2D eigenvalue weighted by Gasteiger charge is 2.69. The topological polar surface area (TPSA) is 91.7 Å². The van der Waals surface area contributed by atoms with Crippen molar-refractivity contribution in [2.45, 2.75) is 33.4 Å². The van der Waals surface area contributed by atoms with Crippen molar-refractivity contribution in [3.63, 3.8) is 0 Å². The van der Waals surface area contributed by atoms with Crippen molar-refractivity contribution in [1.29, 1.82) is 0 Å². The Morgan fingerprint density at radius 3 is 1.50 bits per heavy atom. The monoisotopic (exact) mass is 270 g/mol. The smallest absolute Gasteiger partial charge is 0.451 e. The van der Waals surface area contributed by atoms with Crippen molar-refractivity contribution < 1.29 is 37.8 Å². The summed E-state index contributed by atoms with van der Waals surface area (Å²) < 4.78 is 37.4. The van der Waals surface area contributed by atoms with Gasteiger partial charge in [0, 0.05) is 0 Å². The Bertz CT molecular complexity index is 369. The lowest BCUT2D eigenvalue weighted by molar-refractivity contribution is -0.202. The van der Waals surface area contributed by atoms with Crippen molar-refractivity contribution in [2.24, 2.45) is 10.8 Å². The molecule has 0 aromatic carbocycles. The predicted octanol–water partition coefficient (Wildman–Crippen LogP) is 1.71. The summed E-state index contributed by atoms with van der Waals surface area (Å²) in [6, 6.07) is 0. The molecule has 0 aromatic heterocycles. The van der Waals surface area contributed by atoms with E-state index in [0.29, 0.717) is 0 Å². The Morgan fingerprint density at radius 2 is 1.33 bits per heavy atom. The van der Waals surface area contributed by atoms with E-state index in [2.05, 4.69) is 0 Å². The summed E-state index contributed by atoms with van der Waals surface area (Å²) >= 11 is 0. The largest absolute Gasteiger partial charge is 0.480 e. The number of Topliss-reactive ketones (excluding diaryl/α,β-unsaturated/α-hetero) is 1. The van der Waals surface area contributed by atoms with Gasteiger partial charge in [-0.3, -0.25) is 14.4 Å². The molecule has 0 aliphatic heterocycles. The number of aliphatic carboxylic acids is 2. The van der Waals surface area contributed by atoms with Crippen LogP contribution in [0.1, 0.15) is 27.2 Å². The molecular weight excluding hydrogens is 257 g/mol. The summed E-state index contributed by atoms with van der Waals surface area (Å²) in [4.78, 5) is 33.4. The molecule has 0 saturated heterocycles. The van der Waals surface area contributed by atoms with E-state index in [1.54, 1.807) is 0 Å². The molecule has 0 spiro atoms. The lowest BCUT2D eigenvalue weighted by Gasteiger charge is -2.38. The Kier molecular flexibility index (Phi) is 4.17. The van der Waals surface area contributed by atoms with E-state index >= 15 is 0 Å². The number of alkyl halides is 3. The molecule has 2 N–H and O–H groups in total. The SMILES string of the molecule is CCC(C)(C)C(C(=O)O)(C(=O)O)C(=O)C(F)(F)F. The van der Waals surface area contributed by atoms with Gasteiger partial charge in [0.15, 0.2) is 0 Å². The highest BCUT2D eigenvalue weighted by molar-refractivity contribution is 6.21. The third-order valence-corrected chi connectivity index (χ3v) is 3.14. The molecule has 18 heavy (non-hydrogen) atoms. The number of halogens is 3. The molecule has 8 heteroatoms. The van der Waals surface area contributed by atoms with Gasteiger partial charge in [0.05, 0.1) is 0 Å². The van der Waals surface area contributed by atoms with E-state index in [0.717, 1.165) is 13.8 Å². The molecule has 0 aromatic rings. The van der Waals surface area contributed by atoms with Crippen LogP contribution < -0.4 is 0 Å². The van der Waals surface area contributed by atoms with E-state index in [9.17, 15) is 27.6 Å². The molecular formula is C10H13F3O5. The van der Waals surface area contributed by atoms with Gasteiger partial charge < -0.3 is 10.2 Å². The van der Waals surface area contributed by atoms with E-state index in [1.807, 2.05) is 0 Å². The lowest BCUT2D eigenvalue weighted by Crippen LogP contribution is -2.60. The number of hydrogen-bond donors (Lipinski definition) is 2. The Labute approximate surface area is 101 Å². The van der Waals surface area contributed by atoms with Gasteiger partial charge in [-0.25, -0.2) is 0 Å². The highest BCUT2D eigenvalue weighted by Crippen LogP contribution is 2.46. The van der Waals surface area contributed by atoms with Crippen molar-refractivity contribution >= 4 is 17.7 Å². The lowest BCUT2D eigenvalue weighted by atomic mass is 9.61. The van der Waals surface area contributed by atoms with Crippen molar-refractivity contribution in [2.75, 3.05) is 0 Å². The minimum atomic E-state index is -5.54. The van der Waals surface area contributed by atoms with E-state index in [4.69, 9.17) is 10.2 Å². The molecule has 0 heterocycles. The van der Waals surface area contributed by atoms with Crippen LogP contribution >= 0.6 is 0 Å². The molecule has 0 unspecified atom stereocenters. The number of ketones is 1. The Morgan fingerprint density at radius 1 is 1.00 bits per heavy atom. The second-order valence-electron chi connectivity index (χ2n) is 4.42. The first-order chi connectivity index (χ1) is 7.85. The first-order valence-corrected chi connectivity index (χ1v) is 4.94. The quantitative estimate of drug-likeness (QED) is 0.742. The molecule has 104 valence electrons. The fourth-order valence-corrected chi connectivity index (χ4v) is 1.65. The summed E-state index contributed by atoms with van der Waals surface area (Å²) in [7, 11) is 0. The normalized spacial score (nSPS) is 13.2. The van der Waals surface area contributed by atoms with Gasteiger partial charge in [0.25, 0.3) is 5.78 Å². The number of hydrogen-bond acceptors (Lipinski definition) is 3. The Hall–Kier alpha value is -1.60. The van der Waals surface area contributed by atoms with Crippen molar-refractivity contribution in [1.82, 2.24) is 0 Å². The fourth-order valence-electron chi connectivity index (χ4n) is 1.65. The van der Waals surface area contributed by atoms with Crippen LogP contribution in [0.15, 0.2) is 0 Å². The van der Waals surface area contributed by atoms with Gasteiger partial charge in [-0.15, -0.1) is 0 Å². The molecule has 0 rings (SSSR count). The van der Waals surface area contributed by atoms with Gasteiger partial charge >= 0.3 is 18.1 Å². The third kappa shape index (κ3) is 2.19. The van der Waals surface area contributed by atoms with Crippen molar-refractivity contribution in [3.05, 3.63) is 0 Å². The van der Waals surface area contributed by atoms with E-state index in [-0.39, 0.29) is 6.42 Å². The Balaban J connectivity index is 6.26. The van der Waals surface area contributed by atoms with Gasteiger partial charge in [-0.1, -0.05) is 20.8 Å². The van der Waals surface area contributed by atoms with Crippen LogP contribution in [0.2, 0.25) is 0 Å². The van der Waals surface area contributed by atoms with Crippen LogP contribution in [-0.4, -0.2) is 34.1 Å². The zero-order valence-electron chi connectivity index (χ0n) is 9.96. The van der Waals surface area contributed by atoms with Crippen LogP contribution in [0.3, 0.4) is 0 Å². The summed E-state index contributed by atoms with van der Waals surface area (Å²) in [5, 5.41) is 17.8. The molecule has 0 radical (unpaired) electrons. The van der Waals surface area contributed by atoms with Crippen LogP contribution in [0.5, 0.6) is 0 Å². The molecule has 0 amide bonds. The zero-order chi connectivity index (χ0) is 14.9. The standard InChI is InChI=1S/C10H13F3O5/c1-4-8(2,3)9(6(15)16,7(17)18)5(14)10(11,12)13/h4H2,1-3H3,(H,15,16)(H,17,18). The summed E-state index contributed by atoms with van der Waals surface area (Å²) in [6.07, 6.45) is -5.77. The van der Waals surface area contributed by atoms with Crippen LogP contribution in [-0.2, 0) is 14.4 Å². The molecule has 0 atom stereocenters.